The molecule has 2 unspecified atom stereocenters. The SMILES string of the molecule is Cc1ccc(C(CNC(=O)CC2CSCCN2)N2CCCC2)o1.Cl.Cl. The van der Waals surface area contributed by atoms with Crippen LogP contribution in [0.3, 0.4) is 0 Å². The molecule has 5 nitrogen and oxygen atoms in total. The van der Waals surface area contributed by atoms with Gasteiger partial charge in [-0.25, -0.2) is 0 Å². The first-order chi connectivity index (χ1) is 11.2. The highest BCUT2D eigenvalue weighted by atomic mass is 35.5. The number of rotatable bonds is 6. The van der Waals surface area contributed by atoms with E-state index >= 15 is 0 Å². The maximum atomic E-state index is 12.3. The van der Waals surface area contributed by atoms with Crippen molar-refractivity contribution in [3.63, 3.8) is 0 Å². The van der Waals surface area contributed by atoms with Gasteiger partial charge in [-0.3, -0.25) is 9.69 Å². The number of carbonyl (C=O) groups excluding carboxylic acids is 1. The van der Waals surface area contributed by atoms with E-state index in [4.69, 9.17) is 4.42 Å². The average molecular weight is 410 g/mol. The number of nitrogens with one attached hydrogen (secondary N) is 2. The quantitative estimate of drug-likeness (QED) is 0.756. The number of halogens is 2. The molecule has 2 atom stereocenters. The Hall–Kier alpha value is -0.400. The molecule has 2 N–H and O–H groups in total. The van der Waals surface area contributed by atoms with Crippen molar-refractivity contribution in [1.82, 2.24) is 15.5 Å². The van der Waals surface area contributed by atoms with Crippen LogP contribution in [0.4, 0.5) is 0 Å². The van der Waals surface area contributed by atoms with Gasteiger partial charge in [0.05, 0.1) is 6.04 Å². The zero-order chi connectivity index (χ0) is 16.1. The van der Waals surface area contributed by atoms with Crippen molar-refractivity contribution < 1.29 is 9.21 Å². The molecule has 0 spiro atoms. The highest BCUT2D eigenvalue weighted by molar-refractivity contribution is 7.99. The lowest BCUT2D eigenvalue weighted by Crippen LogP contribution is -2.43. The van der Waals surface area contributed by atoms with Crippen LogP contribution in [-0.4, -0.2) is 54.5 Å². The molecule has 25 heavy (non-hydrogen) atoms. The third-order valence-electron chi connectivity index (χ3n) is 4.59. The molecule has 3 heterocycles. The Labute approximate surface area is 166 Å². The maximum Gasteiger partial charge on any atom is 0.221 e. The Bertz CT molecular complexity index is 518. The Morgan fingerprint density at radius 1 is 1.40 bits per heavy atom. The summed E-state index contributed by atoms with van der Waals surface area (Å²) in [7, 11) is 0. The van der Waals surface area contributed by atoms with Crippen LogP contribution in [0.25, 0.3) is 0 Å². The number of aryl methyl sites for hydroxylation is 1. The largest absolute Gasteiger partial charge is 0.465 e. The summed E-state index contributed by atoms with van der Waals surface area (Å²) in [5.41, 5.74) is 0. The summed E-state index contributed by atoms with van der Waals surface area (Å²) in [5, 5.41) is 6.54. The lowest BCUT2D eigenvalue weighted by Gasteiger charge is -2.27. The summed E-state index contributed by atoms with van der Waals surface area (Å²) >= 11 is 1.92. The third kappa shape index (κ3) is 6.68. The normalized spacial score (nSPS) is 21.9. The van der Waals surface area contributed by atoms with E-state index in [-0.39, 0.29) is 36.8 Å². The van der Waals surface area contributed by atoms with Gasteiger partial charge in [0.15, 0.2) is 0 Å². The lowest BCUT2D eigenvalue weighted by molar-refractivity contribution is -0.121. The van der Waals surface area contributed by atoms with Crippen molar-refractivity contribution in [2.45, 2.75) is 38.3 Å². The Morgan fingerprint density at radius 3 is 2.76 bits per heavy atom. The monoisotopic (exact) mass is 409 g/mol. The van der Waals surface area contributed by atoms with E-state index in [1.54, 1.807) is 0 Å². The van der Waals surface area contributed by atoms with Gasteiger partial charge >= 0.3 is 0 Å². The van der Waals surface area contributed by atoms with E-state index in [1.807, 2.05) is 30.8 Å². The number of likely N-dealkylation sites (tertiary alicyclic amines) is 1. The predicted molar refractivity (Wildman–Crippen MR) is 108 cm³/mol. The summed E-state index contributed by atoms with van der Waals surface area (Å²) in [6.45, 7) is 5.77. The molecule has 2 saturated heterocycles. The van der Waals surface area contributed by atoms with Gasteiger partial charge in [-0.1, -0.05) is 0 Å². The third-order valence-corrected chi connectivity index (χ3v) is 5.72. The first-order valence-electron chi connectivity index (χ1n) is 8.60. The Kier molecular flexibility index (Phi) is 10.3. The fourth-order valence-corrected chi connectivity index (χ4v) is 4.30. The number of nitrogens with zero attached hydrogens (tertiary/aromatic N) is 1. The summed E-state index contributed by atoms with van der Waals surface area (Å²) in [6.07, 6.45) is 3.03. The van der Waals surface area contributed by atoms with E-state index in [9.17, 15) is 4.79 Å². The number of amides is 1. The lowest BCUT2D eigenvalue weighted by atomic mass is 10.1. The molecule has 1 amide bonds. The summed E-state index contributed by atoms with van der Waals surface area (Å²) in [4.78, 5) is 14.7. The van der Waals surface area contributed by atoms with E-state index < -0.39 is 0 Å². The second-order valence-corrected chi connectivity index (χ2v) is 7.59. The van der Waals surface area contributed by atoms with Crippen LogP contribution in [0.2, 0.25) is 0 Å². The zero-order valence-corrected chi connectivity index (χ0v) is 17.1. The smallest absolute Gasteiger partial charge is 0.221 e. The van der Waals surface area contributed by atoms with E-state index in [2.05, 4.69) is 15.5 Å². The summed E-state index contributed by atoms with van der Waals surface area (Å²) in [6, 6.07) is 4.52. The molecule has 8 heteroatoms. The zero-order valence-electron chi connectivity index (χ0n) is 14.7. The Morgan fingerprint density at radius 2 is 2.16 bits per heavy atom. The standard InChI is InChI=1S/C17H27N3O2S.2ClH/c1-13-4-5-16(22-13)15(20-7-2-3-8-20)11-19-17(21)10-14-12-23-9-6-18-14;;/h4-5,14-15,18H,2-3,6-12H2,1H3,(H,19,21);2*1H. The van der Waals surface area contributed by atoms with Gasteiger partial charge in [0.1, 0.15) is 11.5 Å². The van der Waals surface area contributed by atoms with Crippen LogP contribution in [0.15, 0.2) is 16.5 Å². The van der Waals surface area contributed by atoms with Gasteiger partial charge in [0, 0.05) is 37.1 Å². The molecule has 0 radical (unpaired) electrons. The number of carbonyl (C=O) groups is 1. The predicted octanol–water partition coefficient (Wildman–Crippen LogP) is 2.78. The van der Waals surface area contributed by atoms with Crippen LogP contribution in [0, 0.1) is 6.92 Å². The minimum absolute atomic E-state index is 0. The molecule has 0 aliphatic carbocycles. The highest BCUT2D eigenvalue weighted by Gasteiger charge is 2.26. The fourth-order valence-electron chi connectivity index (χ4n) is 3.35. The topological polar surface area (TPSA) is 57.5 Å². The van der Waals surface area contributed by atoms with Crippen LogP contribution in [0.5, 0.6) is 0 Å². The summed E-state index contributed by atoms with van der Waals surface area (Å²) in [5.74, 6) is 4.21. The molecule has 2 aliphatic rings. The number of hydrogen-bond acceptors (Lipinski definition) is 5. The van der Waals surface area contributed by atoms with Crippen LogP contribution in [-0.2, 0) is 4.79 Å². The molecule has 2 fully saturated rings. The van der Waals surface area contributed by atoms with Crippen molar-refractivity contribution in [2.75, 3.05) is 37.7 Å². The van der Waals surface area contributed by atoms with E-state index in [1.165, 1.54) is 12.8 Å². The molecule has 2 aliphatic heterocycles. The molecule has 1 aromatic heterocycles. The van der Waals surface area contributed by atoms with Crippen molar-refractivity contribution in [3.8, 4) is 0 Å². The van der Waals surface area contributed by atoms with Crippen molar-refractivity contribution >= 4 is 42.5 Å². The molecular weight excluding hydrogens is 381 g/mol. The van der Waals surface area contributed by atoms with Crippen LogP contribution in [0.1, 0.15) is 36.8 Å². The first-order valence-corrected chi connectivity index (χ1v) is 9.76. The second kappa shape index (κ2) is 11.3. The second-order valence-electron chi connectivity index (χ2n) is 6.44. The molecular formula is C17H29Cl2N3O2S. The van der Waals surface area contributed by atoms with E-state index in [0.29, 0.717) is 19.0 Å². The van der Waals surface area contributed by atoms with Gasteiger partial charge in [-0.2, -0.15) is 11.8 Å². The number of hydrogen-bond donors (Lipinski definition) is 2. The van der Waals surface area contributed by atoms with Gasteiger partial charge in [-0.15, -0.1) is 24.8 Å². The average Bonchev–Trinajstić information content (AvgIpc) is 3.21. The van der Waals surface area contributed by atoms with E-state index in [0.717, 1.165) is 42.7 Å². The van der Waals surface area contributed by atoms with Crippen LogP contribution >= 0.6 is 36.6 Å². The molecule has 0 saturated carbocycles. The van der Waals surface area contributed by atoms with Crippen LogP contribution < -0.4 is 10.6 Å². The maximum absolute atomic E-state index is 12.3. The Balaban J connectivity index is 0.00000156. The molecule has 0 bridgehead atoms. The number of furan rings is 1. The minimum atomic E-state index is 0. The van der Waals surface area contributed by atoms with Crippen molar-refractivity contribution in [3.05, 3.63) is 23.7 Å². The fraction of sp³-hybridized carbons (Fsp3) is 0.706. The minimum Gasteiger partial charge on any atom is -0.465 e. The van der Waals surface area contributed by atoms with Gasteiger partial charge in [0.25, 0.3) is 0 Å². The number of thioether (sulfide) groups is 1. The van der Waals surface area contributed by atoms with Crippen molar-refractivity contribution in [2.24, 2.45) is 0 Å². The molecule has 3 rings (SSSR count). The van der Waals surface area contributed by atoms with Gasteiger partial charge in [0.2, 0.25) is 5.91 Å². The molecule has 1 aromatic rings. The molecule has 144 valence electrons. The first kappa shape index (κ1) is 22.6. The molecule has 0 aromatic carbocycles. The highest BCUT2D eigenvalue weighted by Crippen LogP contribution is 2.26. The van der Waals surface area contributed by atoms with Crippen molar-refractivity contribution in [1.29, 1.82) is 0 Å². The van der Waals surface area contributed by atoms with Gasteiger partial charge < -0.3 is 15.1 Å². The van der Waals surface area contributed by atoms with Gasteiger partial charge in [-0.05, 0) is 45.0 Å². The summed E-state index contributed by atoms with van der Waals surface area (Å²) < 4.78 is 5.83.